The standard InChI is InChI=1S/C26H25NO3/c1-18-3-10-22(11-4-18)27-16-15-20-17-23(28)12-13-24(20)26(27,2)21-8-5-19(6-9-21)7-14-25(29)30/h3-14,17,28H,15-16H2,1-2H3,(H,29,30)/b14-7+. The number of anilines is 1. The van der Waals surface area contributed by atoms with Crippen LogP contribution in [-0.4, -0.2) is 22.7 Å². The van der Waals surface area contributed by atoms with Gasteiger partial charge in [0.2, 0.25) is 0 Å². The van der Waals surface area contributed by atoms with E-state index >= 15 is 0 Å². The smallest absolute Gasteiger partial charge is 0.328 e. The molecule has 30 heavy (non-hydrogen) atoms. The number of rotatable bonds is 4. The molecule has 1 atom stereocenters. The average Bonchev–Trinajstić information content (AvgIpc) is 2.73. The molecule has 1 heterocycles. The van der Waals surface area contributed by atoms with Gasteiger partial charge in [-0.2, -0.15) is 0 Å². The molecule has 0 aliphatic carbocycles. The Morgan fingerprint density at radius 1 is 1.03 bits per heavy atom. The normalized spacial score (nSPS) is 18.4. The summed E-state index contributed by atoms with van der Waals surface area (Å²) in [5.74, 6) is -0.674. The second-order valence-corrected chi connectivity index (χ2v) is 7.94. The highest BCUT2D eigenvalue weighted by Crippen LogP contribution is 2.44. The largest absolute Gasteiger partial charge is 0.508 e. The van der Waals surface area contributed by atoms with Crippen molar-refractivity contribution in [2.24, 2.45) is 0 Å². The topological polar surface area (TPSA) is 60.8 Å². The van der Waals surface area contributed by atoms with E-state index in [4.69, 9.17) is 5.11 Å². The first kappa shape index (κ1) is 19.8. The van der Waals surface area contributed by atoms with Gasteiger partial charge in [-0.15, -0.1) is 0 Å². The maximum atomic E-state index is 10.8. The Labute approximate surface area is 176 Å². The molecule has 152 valence electrons. The van der Waals surface area contributed by atoms with Crippen LogP contribution in [0.1, 0.15) is 34.7 Å². The van der Waals surface area contributed by atoms with Crippen molar-refractivity contribution in [2.75, 3.05) is 11.4 Å². The molecule has 0 fully saturated rings. The molecule has 1 aliphatic rings. The van der Waals surface area contributed by atoms with E-state index in [-0.39, 0.29) is 5.75 Å². The zero-order valence-corrected chi connectivity index (χ0v) is 17.2. The first-order valence-corrected chi connectivity index (χ1v) is 10.1. The lowest BCUT2D eigenvalue weighted by atomic mass is 9.76. The van der Waals surface area contributed by atoms with Crippen LogP contribution in [0.5, 0.6) is 5.75 Å². The van der Waals surface area contributed by atoms with Gasteiger partial charge in [0, 0.05) is 18.3 Å². The van der Waals surface area contributed by atoms with E-state index in [2.05, 4.69) is 55.1 Å². The van der Waals surface area contributed by atoms with Gasteiger partial charge in [-0.05, 0) is 72.9 Å². The second-order valence-electron chi connectivity index (χ2n) is 7.94. The molecule has 0 saturated heterocycles. The third-order valence-electron chi connectivity index (χ3n) is 5.99. The van der Waals surface area contributed by atoms with E-state index < -0.39 is 11.5 Å². The number of carboxylic acids is 1. The molecule has 4 nitrogen and oxygen atoms in total. The van der Waals surface area contributed by atoms with Gasteiger partial charge in [-0.25, -0.2) is 4.79 Å². The van der Waals surface area contributed by atoms with Gasteiger partial charge in [-0.3, -0.25) is 0 Å². The molecule has 3 aromatic carbocycles. The Kier molecular flexibility index (Phi) is 5.08. The molecule has 4 rings (SSSR count). The van der Waals surface area contributed by atoms with Crippen LogP contribution >= 0.6 is 0 Å². The molecule has 3 aromatic rings. The van der Waals surface area contributed by atoms with E-state index in [1.807, 2.05) is 24.3 Å². The third kappa shape index (κ3) is 3.57. The van der Waals surface area contributed by atoms with Crippen LogP contribution < -0.4 is 4.90 Å². The van der Waals surface area contributed by atoms with E-state index in [1.54, 1.807) is 12.1 Å². The van der Waals surface area contributed by atoms with Gasteiger partial charge in [0.15, 0.2) is 0 Å². The number of fused-ring (bicyclic) bond motifs is 1. The molecule has 0 aromatic heterocycles. The summed E-state index contributed by atoms with van der Waals surface area (Å²) in [6.07, 6.45) is 3.60. The fourth-order valence-electron chi connectivity index (χ4n) is 4.37. The van der Waals surface area contributed by atoms with Crippen LogP contribution in [0.2, 0.25) is 0 Å². The van der Waals surface area contributed by atoms with E-state index in [9.17, 15) is 9.90 Å². The van der Waals surface area contributed by atoms with E-state index in [0.29, 0.717) is 0 Å². The highest BCUT2D eigenvalue weighted by molar-refractivity contribution is 5.85. The Morgan fingerprint density at radius 3 is 2.40 bits per heavy atom. The SMILES string of the molecule is Cc1ccc(N2CCc3cc(O)ccc3C2(C)c2ccc(/C=C/C(=O)O)cc2)cc1. The summed E-state index contributed by atoms with van der Waals surface area (Å²) in [6, 6.07) is 22.2. The molecular weight excluding hydrogens is 374 g/mol. The number of nitrogens with zero attached hydrogens (tertiary/aromatic N) is 1. The van der Waals surface area contributed by atoms with Crippen molar-refractivity contribution >= 4 is 17.7 Å². The van der Waals surface area contributed by atoms with Gasteiger partial charge in [0.05, 0.1) is 5.54 Å². The summed E-state index contributed by atoms with van der Waals surface area (Å²) in [5.41, 5.74) is 6.22. The lowest BCUT2D eigenvalue weighted by Crippen LogP contribution is -2.49. The Bertz CT molecular complexity index is 1100. The number of aromatic hydroxyl groups is 1. The molecule has 0 spiro atoms. The molecule has 1 unspecified atom stereocenters. The van der Waals surface area contributed by atoms with Crippen LogP contribution in [0.3, 0.4) is 0 Å². The minimum atomic E-state index is -0.961. The van der Waals surface area contributed by atoms with Crippen molar-refractivity contribution in [3.63, 3.8) is 0 Å². The first-order valence-electron chi connectivity index (χ1n) is 10.1. The van der Waals surface area contributed by atoms with Gasteiger partial charge >= 0.3 is 5.97 Å². The highest BCUT2D eigenvalue weighted by atomic mass is 16.4. The number of benzene rings is 3. The molecular formula is C26H25NO3. The number of phenolic OH excluding ortho intramolecular Hbond substituents is 1. The number of aryl methyl sites for hydroxylation is 1. The number of hydrogen-bond donors (Lipinski definition) is 2. The van der Waals surface area contributed by atoms with Crippen LogP contribution in [0.15, 0.2) is 72.8 Å². The van der Waals surface area contributed by atoms with Crippen LogP contribution in [-0.2, 0) is 16.8 Å². The van der Waals surface area contributed by atoms with Crippen molar-refractivity contribution in [2.45, 2.75) is 25.8 Å². The minimum Gasteiger partial charge on any atom is -0.508 e. The number of phenols is 1. The van der Waals surface area contributed by atoms with E-state index in [0.717, 1.165) is 41.4 Å². The Hall–Kier alpha value is -3.53. The second kappa shape index (κ2) is 7.71. The van der Waals surface area contributed by atoms with Gasteiger partial charge < -0.3 is 15.1 Å². The van der Waals surface area contributed by atoms with Gasteiger partial charge in [0.25, 0.3) is 0 Å². The Morgan fingerprint density at radius 2 is 1.73 bits per heavy atom. The summed E-state index contributed by atoms with van der Waals surface area (Å²) in [7, 11) is 0. The summed E-state index contributed by atoms with van der Waals surface area (Å²) in [6.45, 7) is 5.13. The predicted octanol–water partition coefficient (Wildman–Crippen LogP) is 5.12. The number of carboxylic acid groups (broad SMARTS) is 1. The van der Waals surface area contributed by atoms with Crippen molar-refractivity contribution in [3.8, 4) is 5.75 Å². The van der Waals surface area contributed by atoms with E-state index in [1.165, 1.54) is 11.1 Å². The molecule has 0 radical (unpaired) electrons. The van der Waals surface area contributed by atoms with Crippen molar-refractivity contribution < 1.29 is 15.0 Å². The van der Waals surface area contributed by atoms with Crippen molar-refractivity contribution in [3.05, 3.63) is 101 Å². The molecule has 0 bridgehead atoms. The highest BCUT2D eigenvalue weighted by Gasteiger charge is 2.40. The minimum absolute atomic E-state index is 0.286. The fraction of sp³-hybridized carbons (Fsp3) is 0.192. The zero-order chi connectivity index (χ0) is 21.3. The lowest BCUT2D eigenvalue weighted by Gasteiger charge is -2.48. The summed E-state index contributed by atoms with van der Waals surface area (Å²) in [5, 5.41) is 18.9. The quantitative estimate of drug-likeness (QED) is 0.598. The zero-order valence-electron chi connectivity index (χ0n) is 17.2. The van der Waals surface area contributed by atoms with Gasteiger partial charge in [-0.1, -0.05) is 48.0 Å². The molecule has 2 N–H and O–H groups in total. The Balaban J connectivity index is 1.84. The number of aliphatic carboxylic acids is 1. The van der Waals surface area contributed by atoms with Crippen molar-refractivity contribution in [1.82, 2.24) is 0 Å². The fourth-order valence-corrected chi connectivity index (χ4v) is 4.37. The molecule has 0 saturated carbocycles. The first-order chi connectivity index (χ1) is 14.4. The monoisotopic (exact) mass is 399 g/mol. The predicted molar refractivity (Wildman–Crippen MR) is 120 cm³/mol. The van der Waals surface area contributed by atoms with Crippen LogP contribution in [0.4, 0.5) is 5.69 Å². The maximum Gasteiger partial charge on any atom is 0.328 e. The summed E-state index contributed by atoms with van der Waals surface area (Å²) in [4.78, 5) is 13.2. The summed E-state index contributed by atoms with van der Waals surface area (Å²) < 4.78 is 0. The average molecular weight is 399 g/mol. The lowest BCUT2D eigenvalue weighted by molar-refractivity contribution is -0.131. The number of hydrogen-bond acceptors (Lipinski definition) is 3. The van der Waals surface area contributed by atoms with Crippen LogP contribution in [0.25, 0.3) is 6.08 Å². The number of carbonyl (C=O) groups is 1. The molecule has 1 aliphatic heterocycles. The maximum absolute atomic E-state index is 10.8. The van der Waals surface area contributed by atoms with Crippen molar-refractivity contribution in [1.29, 1.82) is 0 Å². The molecule has 0 amide bonds. The third-order valence-corrected chi connectivity index (χ3v) is 5.99. The van der Waals surface area contributed by atoms with Crippen LogP contribution in [0, 0.1) is 6.92 Å². The van der Waals surface area contributed by atoms with Gasteiger partial charge in [0.1, 0.15) is 5.75 Å². The molecule has 4 heteroatoms. The summed E-state index contributed by atoms with van der Waals surface area (Å²) >= 11 is 0.